The number of hydrogen-bond acceptors (Lipinski definition) is 12. The third-order valence-corrected chi connectivity index (χ3v) is 9.41. The van der Waals surface area contributed by atoms with Gasteiger partial charge in [0.05, 0.1) is 32.3 Å². The Morgan fingerprint density at radius 1 is 0.544 bits per heavy atom. The van der Waals surface area contributed by atoms with Crippen molar-refractivity contribution in [3.05, 3.63) is 144 Å². The van der Waals surface area contributed by atoms with E-state index in [1.165, 1.54) is 0 Å². The molecule has 1 fully saturated rings. The fourth-order valence-corrected chi connectivity index (χ4v) is 6.67. The van der Waals surface area contributed by atoms with E-state index in [0.717, 1.165) is 22.3 Å². The molecule has 0 aliphatic carbocycles. The lowest BCUT2D eigenvalue weighted by Crippen LogP contribution is -2.57. The van der Waals surface area contributed by atoms with Gasteiger partial charge in [0.2, 0.25) is 0 Å². The largest absolute Gasteiger partial charge is 0.481 e. The summed E-state index contributed by atoms with van der Waals surface area (Å²) in [7, 11) is 0. The van der Waals surface area contributed by atoms with Crippen LogP contribution in [0.25, 0.3) is 0 Å². The minimum atomic E-state index is -1.04. The third kappa shape index (κ3) is 14.9. The van der Waals surface area contributed by atoms with Crippen LogP contribution in [0, 0.1) is 5.92 Å². The first kappa shape index (κ1) is 42.3. The molecule has 1 N–H and O–H groups in total. The summed E-state index contributed by atoms with van der Waals surface area (Å²) in [4.78, 5) is 71.1. The van der Waals surface area contributed by atoms with E-state index >= 15 is 0 Å². The van der Waals surface area contributed by atoms with Crippen molar-refractivity contribution in [2.45, 2.75) is 45.4 Å². The van der Waals surface area contributed by atoms with E-state index in [4.69, 9.17) is 18.9 Å². The highest BCUT2D eigenvalue weighted by molar-refractivity contribution is 5.75. The van der Waals surface area contributed by atoms with Gasteiger partial charge in [0.1, 0.15) is 26.4 Å². The van der Waals surface area contributed by atoms with Crippen molar-refractivity contribution < 1.29 is 48.0 Å². The number of carbonyl (C=O) groups is 5. The van der Waals surface area contributed by atoms with E-state index in [1.54, 1.807) is 9.80 Å². The molecule has 2 atom stereocenters. The number of esters is 4. The van der Waals surface area contributed by atoms with Crippen molar-refractivity contribution >= 4 is 29.8 Å². The maximum Gasteiger partial charge on any atom is 0.320 e. The maximum absolute atomic E-state index is 13.6. The van der Waals surface area contributed by atoms with Crippen LogP contribution in [0.15, 0.2) is 121 Å². The molecule has 13 nitrogen and oxygen atoms in total. The average Bonchev–Trinajstić information content (AvgIpc) is 3.39. The van der Waals surface area contributed by atoms with Crippen LogP contribution in [0.3, 0.4) is 0 Å². The highest BCUT2D eigenvalue weighted by Gasteiger charge is 2.40. The standard InChI is InChI=1S/C44H49N3O10/c48-39(49)22-21-38-25-45(26-40(50)54-30-34-13-5-1-6-14-34)23-24-46(27-41(51)55-31-35-15-7-2-8-16-35)44(38)47(28-42(52)56-32-36-17-9-3-10-18-36)29-43(53)57-33-37-19-11-4-12-20-37/h1-20,38,44H,21-33H2,(H,48,49). The lowest BCUT2D eigenvalue weighted by atomic mass is 9.96. The Morgan fingerprint density at radius 2 is 0.930 bits per heavy atom. The molecule has 4 aromatic rings. The molecule has 0 amide bonds. The lowest BCUT2D eigenvalue weighted by Gasteiger charge is -2.41. The smallest absolute Gasteiger partial charge is 0.320 e. The number of carboxylic acids is 1. The molecular formula is C44H49N3O10. The first-order valence-corrected chi connectivity index (χ1v) is 18.9. The van der Waals surface area contributed by atoms with Gasteiger partial charge in [-0.05, 0) is 28.7 Å². The summed E-state index contributed by atoms with van der Waals surface area (Å²) in [5.74, 6) is -3.94. The van der Waals surface area contributed by atoms with Gasteiger partial charge >= 0.3 is 29.8 Å². The van der Waals surface area contributed by atoms with Crippen molar-refractivity contribution in [2.75, 3.05) is 45.8 Å². The Balaban J connectivity index is 1.41. The summed E-state index contributed by atoms with van der Waals surface area (Å²) in [5.41, 5.74) is 3.16. The Hall–Kier alpha value is -5.89. The third-order valence-electron chi connectivity index (χ3n) is 9.41. The molecule has 0 spiro atoms. The molecule has 1 heterocycles. The number of rotatable bonds is 20. The fourth-order valence-electron chi connectivity index (χ4n) is 6.67. The molecule has 1 saturated heterocycles. The van der Waals surface area contributed by atoms with E-state index in [0.29, 0.717) is 0 Å². The van der Waals surface area contributed by atoms with Crippen LogP contribution in [0.5, 0.6) is 0 Å². The Bertz CT molecular complexity index is 1810. The molecule has 57 heavy (non-hydrogen) atoms. The highest BCUT2D eigenvalue weighted by Crippen LogP contribution is 2.26. The van der Waals surface area contributed by atoms with Crippen LogP contribution in [0.2, 0.25) is 0 Å². The van der Waals surface area contributed by atoms with Crippen LogP contribution < -0.4 is 0 Å². The molecule has 4 aromatic carbocycles. The SMILES string of the molecule is O=C(O)CCC1CN(CC(=O)OCc2ccccc2)CCN(CC(=O)OCc2ccccc2)C1N(CC(=O)OCc1ccccc1)CC(=O)OCc1ccccc1. The molecule has 0 radical (unpaired) electrons. The minimum Gasteiger partial charge on any atom is -0.481 e. The first-order chi connectivity index (χ1) is 27.7. The molecule has 300 valence electrons. The molecule has 5 rings (SSSR count). The van der Waals surface area contributed by atoms with Crippen molar-refractivity contribution in [3.63, 3.8) is 0 Å². The summed E-state index contributed by atoms with van der Waals surface area (Å²) in [5, 5.41) is 9.83. The van der Waals surface area contributed by atoms with Crippen LogP contribution in [0.4, 0.5) is 0 Å². The van der Waals surface area contributed by atoms with E-state index in [2.05, 4.69) is 0 Å². The Kier molecular flexibility index (Phi) is 16.8. The van der Waals surface area contributed by atoms with Gasteiger partial charge in [-0.25, -0.2) is 0 Å². The molecule has 0 bridgehead atoms. The van der Waals surface area contributed by atoms with Gasteiger partial charge in [-0.15, -0.1) is 0 Å². The van der Waals surface area contributed by atoms with Gasteiger partial charge in [-0.1, -0.05) is 121 Å². The highest BCUT2D eigenvalue weighted by atomic mass is 16.5. The van der Waals surface area contributed by atoms with Crippen LogP contribution in [-0.2, 0) is 69.3 Å². The molecular weight excluding hydrogens is 730 g/mol. The zero-order valence-electron chi connectivity index (χ0n) is 31.9. The van der Waals surface area contributed by atoms with Gasteiger partial charge in [-0.2, -0.15) is 0 Å². The molecule has 13 heteroatoms. The van der Waals surface area contributed by atoms with Gasteiger partial charge in [0.25, 0.3) is 0 Å². The lowest BCUT2D eigenvalue weighted by molar-refractivity contribution is -0.156. The maximum atomic E-state index is 13.6. The Labute approximate surface area is 332 Å². The molecule has 2 unspecified atom stereocenters. The number of benzene rings is 4. The van der Waals surface area contributed by atoms with E-state index in [-0.39, 0.29) is 85.1 Å². The molecule has 0 saturated carbocycles. The zero-order chi connectivity index (χ0) is 40.2. The monoisotopic (exact) mass is 779 g/mol. The summed E-state index contributed by atoms with van der Waals surface area (Å²) >= 11 is 0. The summed E-state index contributed by atoms with van der Waals surface area (Å²) in [6.07, 6.45) is -1.00. The van der Waals surface area contributed by atoms with Crippen LogP contribution >= 0.6 is 0 Å². The van der Waals surface area contributed by atoms with Gasteiger partial charge < -0.3 is 24.1 Å². The number of aliphatic carboxylic acids is 1. The zero-order valence-corrected chi connectivity index (χ0v) is 31.9. The summed E-state index contributed by atoms with van der Waals surface area (Å²) in [6, 6.07) is 36.8. The molecule has 0 aromatic heterocycles. The van der Waals surface area contributed by atoms with Crippen LogP contribution in [0.1, 0.15) is 35.1 Å². The number of carboxylic acid groups (broad SMARTS) is 1. The van der Waals surface area contributed by atoms with Gasteiger partial charge in [-0.3, -0.25) is 38.7 Å². The van der Waals surface area contributed by atoms with E-state index in [9.17, 15) is 29.1 Å². The number of nitrogens with zero attached hydrogens (tertiary/aromatic N) is 3. The number of carbonyl (C=O) groups excluding carboxylic acids is 4. The number of ether oxygens (including phenoxy) is 4. The normalized spacial score (nSPS) is 15.9. The second-order valence-corrected chi connectivity index (χ2v) is 13.8. The fraction of sp³-hybridized carbons (Fsp3) is 0.341. The van der Waals surface area contributed by atoms with Crippen molar-refractivity contribution in [2.24, 2.45) is 5.92 Å². The van der Waals surface area contributed by atoms with Crippen molar-refractivity contribution in [1.82, 2.24) is 14.7 Å². The summed E-state index contributed by atoms with van der Waals surface area (Å²) in [6.45, 7) is -0.318. The quantitative estimate of drug-likeness (QED) is 0.0977. The second kappa shape index (κ2) is 22.6. The van der Waals surface area contributed by atoms with Crippen molar-refractivity contribution in [1.29, 1.82) is 0 Å². The van der Waals surface area contributed by atoms with E-state index < -0.39 is 41.9 Å². The average molecular weight is 780 g/mol. The molecule has 1 aliphatic rings. The number of hydrogen-bond donors (Lipinski definition) is 1. The van der Waals surface area contributed by atoms with Crippen LogP contribution in [-0.4, -0.2) is 102 Å². The predicted octanol–water partition coefficient (Wildman–Crippen LogP) is 4.69. The van der Waals surface area contributed by atoms with E-state index in [1.807, 2.05) is 126 Å². The Morgan fingerprint density at radius 3 is 1.33 bits per heavy atom. The second-order valence-electron chi connectivity index (χ2n) is 13.8. The minimum absolute atomic E-state index is 0.00647. The van der Waals surface area contributed by atoms with Gasteiger partial charge in [0.15, 0.2) is 0 Å². The predicted molar refractivity (Wildman–Crippen MR) is 209 cm³/mol. The van der Waals surface area contributed by atoms with Gasteiger partial charge in [0, 0.05) is 32.0 Å². The van der Waals surface area contributed by atoms with Crippen molar-refractivity contribution in [3.8, 4) is 0 Å². The first-order valence-electron chi connectivity index (χ1n) is 18.9. The topological polar surface area (TPSA) is 152 Å². The summed E-state index contributed by atoms with van der Waals surface area (Å²) < 4.78 is 22.6. The molecule has 1 aliphatic heterocycles.